The Labute approximate surface area is 93.5 Å². The van der Waals surface area contributed by atoms with E-state index in [4.69, 9.17) is 23.1 Å². The summed E-state index contributed by atoms with van der Waals surface area (Å²) in [5.74, 6) is 0.294. The second-order valence-electron chi connectivity index (χ2n) is 3.38. The number of hydrogen-bond donors (Lipinski definition) is 4. The molecule has 1 aromatic rings. The van der Waals surface area contributed by atoms with Crippen molar-refractivity contribution < 1.29 is 10.2 Å². The van der Waals surface area contributed by atoms with Crippen LogP contribution < -0.4 is 11.5 Å². The molecule has 0 saturated carbocycles. The van der Waals surface area contributed by atoms with Gasteiger partial charge in [-0.1, -0.05) is 6.07 Å². The second kappa shape index (κ2) is 5.21. The Morgan fingerprint density at radius 1 is 1.20 bits per heavy atom. The van der Waals surface area contributed by atoms with E-state index in [1.165, 1.54) is 0 Å². The third-order valence-corrected chi connectivity index (χ3v) is 2.44. The first-order valence-electron chi connectivity index (χ1n) is 4.63. The minimum absolute atomic E-state index is 0.294. The number of nitrogen functional groups attached to an aromatic ring is 2. The highest BCUT2D eigenvalue weighted by molar-refractivity contribution is 6.17. The number of rotatable bonds is 4. The molecule has 1 rings (SSSR count). The Kier molecular flexibility index (Phi) is 4.20. The van der Waals surface area contributed by atoms with Crippen molar-refractivity contribution >= 4 is 23.0 Å². The highest BCUT2D eigenvalue weighted by atomic mass is 35.5. The third-order valence-electron chi connectivity index (χ3n) is 2.22. The first kappa shape index (κ1) is 12.1. The number of halogens is 1. The summed E-state index contributed by atoms with van der Waals surface area (Å²) in [7, 11) is 0. The maximum atomic E-state index is 9.73. The molecule has 0 aliphatic rings. The van der Waals surface area contributed by atoms with Gasteiger partial charge in [-0.3, -0.25) is 0 Å². The standard InChI is InChI=1S/C10H15ClN2O2/c11-4-3-9(14)10(15)6-1-2-7(12)8(13)5-6/h1-2,5,9-10,14-15H,3-4,12-13H2. The zero-order valence-corrected chi connectivity index (χ0v) is 8.98. The highest BCUT2D eigenvalue weighted by Crippen LogP contribution is 2.24. The average Bonchev–Trinajstić information content (AvgIpc) is 2.21. The van der Waals surface area contributed by atoms with E-state index in [9.17, 15) is 10.2 Å². The molecule has 0 bridgehead atoms. The summed E-state index contributed by atoms with van der Waals surface area (Å²) in [6.07, 6.45) is -1.54. The number of nitrogens with two attached hydrogens (primary N) is 2. The zero-order chi connectivity index (χ0) is 11.4. The second-order valence-corrected chi connectivity index (χ2v) is 3.76. The first-order valence-corrected chi connectivity index (χ1v) is 5.16. The van der Waals surface area contributed by atoms with Crippen LogP contribution in [0.25, 0.3) is 0 Å². The molecular weight excluding hydrogens is 216 g/mol. The minimum atomic E-state index is -0.980. The lowest BCUT2D eigenvalue weighted by molar-refractivity contribution is 0.0170. The van der Waals surface area contributed by atoms with Gasteiger partial charge in [-0.2, -0.15) is 0 Å². The van der Waals surface area contributed by atoms with Gasteiger partial charge in [-0.05, 0) is 24.1 Å². The lowest BCUT2D eigenvalue weighted by Crippen LogP contribution is -2.18. The van der Waals surface area contributed by atoms with Gasteiger partial charge in [0, 0.05) is 5.88 Å². The van der Waals surface area contributed by atoms with Gasteiger partial charge in [0.1, 0.15) is 6.10 Å². The van der Waals surface area contributed by atoms with Crippen LogP contribution in [0.5, 0.6) is 0 Å². The van der Waals surface area contributed by atoms with E-state index < -0.39 is 12.2 Å². The first-order chi connectivity index (χ1) is 7.06. The zero-order valence-electron chi connectivity index (χ0n) is 8.23. The van der Waals surface area contributed by atoms with Crippen molar-refractivity contribution in [3.8, 4) is 0 Å². The van der Waals surface area contributed by atoms with Gasteiger partial charge in [-0.15, -0.1) is 11.6 Å². The summed E-state index contributed by atoms with van der Waals surface area (Å²) in [4.78, 5) is 0. The lowest BCUT2D eigenvalue weighted by atomic mass is 10.0. The van der Waals surface area contributed by atoms with Crippen LogP contribution in [0.1, 0.15) is 18.1 Å². The topological polar surface area (TPSA) is 92.5 Å². The molecule has 4 nitrogen and oxygen atoms in total. The van der Waals surface area contributed by atoms with Crippen LogP contribution in [0.2, 0.25) is 0 Å². The molecule has 2 atom stereocenters. The predicted molar refractivity (Wildman–Crippen MR) is 61.6 cm³/mol. The molecule has 1 aromatic carbocycles. The Morgan fingerprint density at radius 3 is 2.40 bits per heavy atom. The van der Waals surface area contributed by atoms with E-state index in [0.717, 1.165) is 0 Å². The maximum absolute atomic E-state index is 9.73. The molecule has 5 heteroatoms. The fraction of sp³-hybridized carbons (Fsp3) is 0.400. The van der Waals surface area contributed by atoms with Gasteiger partial charge in [0.05, 0.1) is 17.5 Å². The largest absolute Gasteiger partial charge is 0.397 e. The van der Waals surface area contributed by atoms with Crippen LogP contribution in [0, 0.1) is 0 Å². The fourth-order valence-corrected chi connectivity index (χ4v) is 1.49. The summed E-state index contributed by atoms with van der Waals surface area (Å²) < 4.78 is 0. The van der Waals surface area contributed by atoms with Crippen LogP contribution in [-0.4, -0.2) is 22.2 Å². The molecule has 0 saturated heterocycles. The minimum Gasteiger partial charge on any atom is -0.397 e. The number of hydrogen-bond acceptors (Lipinski definition) is 4. The van der Waals surface area contributed by atoms with E-state index in [2.05, 4.69) is 0 Å². The molecular formula is C10H15ClN2O2. The summed E-state index contributed by atoms with van der Waals surface area (Å²) in [5, 5.41) is 19.3. The number of alkyl halides is 1. The molecule has 0 spiro atoms. The maximum Gasteiger partial charge on any atom is 0.105 e. The number of aliphatic hydroxyl groups is 2. The molecule has 15 heavy (non-hydrogen) atoms. The van der Waals surface area contributed by atoms with Crippen LogP contribution >= 0.6 is 11.6 Å². The van der Waals surface area contributed by atoms with Crippen LogP contribution in [0.3, 0.4) is 0 Å². The molecule has 0 heterocycles. The lowest BCUT2D eigenvalue weighted by Gasteiger charge is -2.17. The number of aliphatic hydroxyl groups excluding tert-OH is 2. The average molecular weight is 231 g/mol. The Balaban J connectivity index is 2.81. The quantitative estimate of drug-likeness (QED) is 0.456. The number of anilines is 2. The van der Waals surface area contributed by atoms with E-state index in [0.29, 0.717) is 29.2 Å². The van der Waals surface area contributed by atoms with Crippen molar-refractivity contribution in [2.24, 2.45) is 0 Å². The SMILES string of the molecule is Nc1ccc(C(O)C(O)CCCl)cc1N. The molecule has 2 unspecified atom stereocenters. The monoisotopic (exact) mass is 230 g/mol. The van der Waals surface area contributed by atoms with E-state index in [1.807, 2.05) is 0 Å². The van der Waals surface area contributed by atoms with Crippen molar-refractivity contribution in [3.05, 3.63) is 23.8 Å². The number of benzene rings is 1. The van der Waals surface area contributed by atoms with E-state index in [-0.39, 0.29) is 0 Å². The molecule has 0 radical (unpaired) electrons. The summed E-state index contributed by atoms with van der Waals surface area (Å²) in [5.41, 5.74) is 12.5. The fourth-order valence-electron chi connectivity index (χ4n) is 1.27. The molecule has 0 aromatic heterocycles. The van der Waals surface area contributed by atoms with Gasteiger partial charge >= 0.3 is 0 Å². The third kappa shape index (κ3) is 2.99. The molecule has 6 N–H and O–H groups in total. The molecule has 0 amide bonds. The predicted octanol–water partition coefficient (Wildman–Crippen LogP) is 0.874. The van der Waals surface area contributed by atoms with Crippen LogP contribution in [0.4, 0.5) is 11.4 Å². The van der Waals surface area contributed by atoms with Crippen molar-refractivity contribution in [2.75, 3.05) is 17.3 Å². The van der Waals surface area contributed by atoms with Gasteiger partial charge < -0.3 is 21.7 Å². The van der Waals surface area contributed by atoms with Crippen LogP contribution in [-0.2, 0) is 0 Å². The Morgan fingerprint density at radius 2 is 1.87 bits per heavy atom. The highest BCUT2D eigenvalue weighted by Gasteiger charge is 2.18. The summed E-state index contributed by atoms with van der Waals surface area (Å²) in [6.45, 7) is 0. The smallest absolute Gasteiger partial charge is 0.105 e. The van der Waals surface area contributed by atoms with Gasteiger partial charge in [0.15, 0.2) is 0 Å². The van der Waals surface area contributed by atoms with Gasteiger partial charge in [0.25, 0.3) is 0 Å². The van der Waals surface area contributed by atoms with Crippen molar-refractivity contribution in [1.29, 1.82) is 0 Å². The van der Waals surface area contributed by atoms with E-state index in [1.54, 1.807) is 18.2 Å². The molecule has 0 fully saturated rings. The molecule has 0 aliphatic carbocycles. The van der Waals surface area contributed by atoms with Gasteiger partial charge in [0.2, 0.25) is 0 Å². The van der Waals surface area contributed by atoms with E-state index >= 15 is 0 Å². The Hall–Kier alpha value is -0.970. The van der Waals surface area contributed by atoms with Crippen molar-refractivity contribution in [1.82, 2.24) is 0 Å². The normalized spacial score (nSPS) is 14.9. The van der Waals surface area contributed by atoms with Crippen molar-refractivity contribution in [3.63, 3.8) is 0 Å². The summed E-state index contributed by atoms with van der Waals surface area (Å²) in [6, 6.07) is 4.78. The molecule has 84 valence electrons. The van der Waals surface area contributed by atoms with Gasteiger partial charge in [-0.25, -0.2) is 0 Å². The molecule has 0 aliphatic heterocycles. The summed E-state index contributed by atoms with van der Waals surface area (Å²) >= 11 is 5.47. The van der Waals surface area contributed by atoms with Crippen LogP contribution in [0.15, 0.2) is 18.2 Å². The van der Waals surface area contributed by atoms with Crippen molar-refractivity contribution in [2.45, 2.75) is 18.6 Å². The Bertz CT molecular complexity index is 333.